The van der Waals surface area contributed by atoms with Crippen LogP contribution in [-0.4, -0.2) is 31.1 Å². The Bertz CT molecular complexity index is 421. The molecule has 21 heavy (non-hydrogen) atoms. The SMILES string of the molecule is CCNCCc1ccccc1CN(CC1CC1)CC1CC1. The molecule has 3 rings (SSSR count). The average Bonchev–Trinajstić information content (AvgIpc) is 3.37. The average molecular weight is 286 g/mol. The number of likely N-dealkylation sites (N-methyl/N-ethyl adjacent to an activating group) is 1. The normalized spacial score (nSPS) is 18.4. The van der Waals surface area contributed by atoms with Gasteiger partial charge >= 0.3 is 0 Å². The maximum atomic E-state index is 3.45. The van der Waals surface area contributed by atoms with Gasteiger partial charge in [-0.05, 0) is 68.2 Å². The molecule has 0 saturated heterocycles. The summed E-state index contributed by atoms with van der Waals surface area (Å²) in [5.41, 5.74) is 3.09. The maximum absolute atomic E-state index is 3.45. The van der Waals surface area contributed by atoms with Crippen molar-refractivity contribution in [1.29, 1.82) is 0 Å². The fraction of sp³-hybridized carbons (Fsp3) is 0.684. The third-order valence-corrected chi connectivity index (χ3v) is 4.76. The predicted molar refractivity (Wildman–Crippen MR) is 89.4 cm³/mol. The van der Waals surface area contributed by atoms with Crippen LogP contribution in [0.4, 0.5) is 0 Å². The van der Waals surface area contributed by atoms with Crippen LogP contribution in [0.5, 0.6) is 0 Å². The summed E-state index contributed by atoms with van der Waals surface area (Å²) in [6, 6.07) is 9.06. The molecule has 1 aromatic rings. The minimum Gasteiger partial charge on any atom is -0.317 e. The summed E-state index contributed by atoms with van der Waals surface area (Å²) < 4.78 is 0. The molecule has 2 nitrogen and oxygen atoms in total. The van der Waals surface area contributed by atoms with Crippen LogP contribution in [0.1, 0.15) is 43.7 Å². The number of benzene rings is 1. The van der Waals surface area contributed by atoms with Crippen molar-refractivity contribution >= 4 is 0 Å². The minimum absolute atomic E-state index is 0.998. The molecular formula is C19H30N2. The van der Waals surface area contributed by atoms with Crippen LogP contribution in [-0.2, 0) is 13.0 Å². The van der Waals surface area contributed by atoms with Crippen LogP contribution in [0.15, 0.2) is 24.3 Å². The highest BCUT2D eigenvalue weighted by atomic mass is 15.1. The molecule has 0 bridgehead atoms. The van der Waals surface area contributed by atoms with E-state index in [1.807, 2.05) is 0 Å². The molecular weight excluding hydrogens is 256 g/mol. The van der Waals surface area contributed by atoms with Crippen molar-refractivity contribution in [3.05, 3.63) is 35.4 Å². The van der Waals surface area contributed by atoms with E-state index in [1.165, 1.54) is 44.3 Å². The standard InChI is InChI=1S/C19H30N2/c1-2-20-12-11-18-5-3-4-6-19(18)15-21(13-16-7-8-16)14-17-9-10-17/h3-6,16-17,20H,2,7-15H2,1H3. The second-order valence-corrected chi connectivity index (χ2v) is 6.95. The zero-order chi connectivity index (χ0) is 14.5. The Morgan fingerprint density at radius 1 is 1.00 bits per heavy atom. The molecule has 0 atom stereocenters. The summed E-state index contributed by atoms with van der Waals surface area (Å²) in [7, 11) is 0. The molecule has 0 aromatic heterocycles. The Morgan fingerprint density at radius 2 is 1.62 bits per heavy atom. The topological polar surface area (TPSA) is 15.3 Å². The highest BCUT2D eigenvalue weighted by Gasteiger charge is 2.29. The minimum atomic E-state index is 0.998. The monoisotopic (exact) mass is 286 g/mol. The van der Waals surface area contributed by atoms with E-state index < -0.39 is 0 Å². The van der Waals surface area contributed by atoms with Crippen LogP contribution in [0.25, 0.3) is 0 Å². The van der Waals surface area contributed by atoms with Crippen LogP contribution < -0.4 is 5.32 Å². The molecule has 0 radical (unpaired) electrons. The zero-order valence-corrected chi connectivity index (χ0v) is 13.5. The van der Waals surface area contributed by atoms with E-state index in [0.717, 1.165) is 37.9 Å². The van der Waals surface area contributed by atoms with E-state index >= 15 is 0 Å². The molecule has 0 spiro atoms. The van der Waals surface area contributed by atoms with Gasteiger partial charge in [0, 0.05) is 19.6 Å². The van der Waals surface area contributed by atoms with Crippen molar-refractivity contribution < 1.29 is 0 Å². The number of nitrogens with zero attached hydrogens (tertiary/aromatic N) is 1. The fourth-order valence-corrected chi connectivity index (χ4v) is 3.13. The first-order chi connectivity index (χ1) is 10.3. The Labute approximate surface area is 129 Å². The highest BCUT2D eigenvalue weighted by Crippen LogP contribution is 2.34. The van der Waals surface area contributed by atoms with Gasteiger partial charge in [-0.15, -0.1) is 0 Å². The zero-order valence-electron chi connectivity index (χ0n) is 13.5. The van der Waals surface area contributed by atoms with Gasteiger partial charge in [-0.3, -0.25) is 4.90 Å². The molecule has 1 N–H and O–H groups in total. The quantitative estimate of drug-likeness (QED) is 0.663. The lowest BCUT2D eigenvalue weighted by molar-refractivity contribution is 0.243. The first kappa shape index (κ1) is 15.1. The number of rotatable bonds is 10. The lowest BCUT2D eigenvalue weighted by Gasteiger charge is -2.23. The van der Waals surface area contributed by atoms with E-state index in [1.54, 1.807) is 5.56 Å². The molecule has 0 amide bonds. The van der Waals surface area contributed by atoms with Gasteiger partial charge in [0.25, 0.3) is 0 Å². The Hall–Kier alpha value is -0.860. The second kappa shape index (κ2) is 7.42. The largest absolute Gasteiger partial charge is 0.317 e. The van der Waals surface area contributed by atoms with Gasteiger partial charge in [-0.1, -0.05) is 31.2 Å². The van der Waals surface area contributed by atoms with E-state index in [2.05, 4.69) is 41.4 Å². The summed E-state index contributed by atoms with van der Waals surface area (Å²) in [6.07, 6.45) is 7.00. The third-order valence-electron chi connectivity index (χ3n) is 4.76. The van der Waals surface area contributed by atoms with Crippen molar-refractivity contribution in [1.82, 2.24) is 10.2 Å². The molecule has 2 aliphatic rings. The molecule has 116 valence electrons. The Kier molecular flexibility index (Phi) is 5.32. The molecule has 0 heterocycles. The molecule has 2 fully saturated rings. The van der Waals surface area contributed by atoms with E-state index in [4.69, 9.17) is 0 Å². The smallest absolute Gasteiger partial charge is 0.0236 e. The van der Waals surface area contributed by atoms with Crippen LogP contribution in [0, 0.1) is 11.8 Å². The second-order valence-electron chi connectivity index (χ2n) is 6.95. The molecule has 0 aliphatic heterocycles. The third kappa shape index (κ3) is 5.12. The van der Waals surface area contributed by atoms with E-state index in [9.17, 15) is 0 Å². The van der Waals surface area contributed by atoms with Crippen molar-refractivity contribution in [2.75, 3.05) is 26.2 Å². The fourth-order valence-electron chi connectivity index (χ4n) is 3.13. The lowest BCUT2D eigenvalue weighted by atomic mass is 10.0. The van der Waals surface area contributed by atoms with Crippen molar-refractivity contribution in [2.45, 2.75) is 45.6 Å². The summed E-state index contributed by atoms with van der Waals surface area (Å²) in [4.78, 5) is 2.74. The van der Waals surface area contributed by atoms with Gasteiger partial charge in [0.15, 0.2) is 0 Å². The van der Waals surface area contributed by atoms with Crippen molar-refractivity contribution in [2.24, 2.45) is 11.8 Å². The summed E-state index contributed by atoms with van der Waals surface area (Å²) in [6.45, 7) is 8.17. The molecule has 2 saturated carbocycles. The van der Waals surface area contributed by atoms with Gasteiger partial charge in [0.05, 0.1) is 0 Å². The lowest BCUT2D eigenvalue weighted by Crippen LogP contribution is -2.28. The van der Waals surface area contributed by atoms with Gasteiger partial charge in [-0.2, -0.15) is 0 Å². The van der Waals surface area contributed by atoms with Gasteiger partial charge < -0.3 is 5.32 Å². The summed E-state index contributed by atoms with van der Waals surface area (Å²) in [5.74, 6) is 2.00. The number of nitrogens with one attached hydrogen (secondary N) is 1. The highest BCUT2D eigenvalue weighted by molar-refractivity contribution is 5.27. The first-order valence-electron chi connectivity index (χ1n) is 8.85. The summed E-state index contributed by atoms with van der Waals surface area (Å²) >= 11 is 0. The molecule has 2 heteroatoms. The van der Waals surface area contributed by atoms with Crippen molar-refractivity contribution in [3.63, 3.8) is 0 Å². The van der Waals surface area contributed by atoms with Gasteiger partial charge in [0.2, 0.25) is 0 Å². The molecule has 0 unspecified atom stereocenters. The maximum Gasteiger partial charge on any atom is 0.0236 e. The van der Waals surface area contributed by atoms with E-state index in [0.29, 0.717) is 0 Å². The summed E-state index contributed by atoms with van der Waals surface area (Å²) in [5, 5.41) is 3.45. The number of hydrogen-bond acceptors (Lipinski definition) is 2. The number of hydrogen-bond donors (Lipinski definition) is 1. The van der Waals surface area contributed by atoms with Crippen molar-refractivity contribution in [3.8, 4) is 0 Å². The molecule has 1 aromatic carbocycles. The van der Waals surface area contributed by atoms with Crippen LogP contribution in [0.3, 0.4) is 0 Å². The Balaban J connectivity index is 1.59. The van der Waals surface area contributed by atoms with Crippen LogP contribution in [0.2, 0.25) is 0 Å². The molecule has 2 aliphatic carbocycles. The van der Waals surface area contributed by atoms with Gasteiger partial charge in [0.1, 0.15) is 0 Å². The first-order valence-corrected chi connectivity index (χ1v) is 8.85. The Morgan fingerprint density at radius 3 is 2.19 bits per heavy atom. The van der Waals surface area contributed by atoms with Crippen LogP contribution >= 0.6 is 0 Å². The van der Waals surface area contributed by atoms with E-state index in [-0.39, 0.29) is 0 Å². The predicted octanol–water partition coefficient (Wildman–Crippen LogP) is 3.46. The van der Waals surface area contributed by atoms with Gasteiger partial charge in [-0.25, -0.2) is 0 Å².